The van der Waals surface area contributed by atoms with E-state index in [0.717, 1.165) is 16.4 Å². The second kappa shape index (κ2) is 5.76. The zero-order chi connectivity index (χ0) is 14.0. The van der Waals surface area contributed by atoms with Gasteiger partial charge in [-0.05, 0) is 26.3 Å². The van der Waals surface area contributed by atoms with E-state index >= 15 is 0 Å². The first kappa shape index (κ1) is 14.1. The minimum absolute atomic E-state index is 0.283. The molecule has 0 saturated carbocycles. The van der Waals surface area contributed by atoms with E-state index in [1.54, 1.807) is 0 Å². The molecule has 1 atom stereocenters. The summed E-state index contributed by atoms with van der Waals surface area (Å²) in [6.07, 6.45) is 0. The summed E-state index contributed by atoms with van der Waals surface area (Å²) in [5.74, 6) is 0. The molecule has 2 aromatic rings. The lowest BCUT2D eigenvalue weighted by molar-refractivity contribution is 0.548. The van der Waals surface area contributed by atoms with Crippen molar-refractivity contribution in [1.29, 1.82) is 0 Å². The van der Waals surface area contributed by atoms with Crippen molar-refractivity contribution in [2.75, 3.05) is 0 Å². The van der Waals surface area contributed by atoms with Crippen LogP contribution in [0.3, 0.4) is 0 Å². The number of nitrogens with one attached hydrogen (secondary N) is 1. The first-order valence-corrected chi connectivity index (χ1v) is 6.84. The van der Waals surface area contributed by atoms with Crippen LogP contribution in [0.1, 0.15) is 35.5 Å². The highest BCUT2D eigenvalue weighted by Crippen LogP contribution is 2.20. The average molecular weight is 278 g/mol. The Balaban J connectivity index is 2.06. The molecule has 0 aliphatic rings. The van der Waals surface area contributed by atoms with Gasteiger partial charge in [0.15, 0.2) is 0 Å². The van der Waals surface area contributed by atoms with Crippen LogP contribution in [0.5, 0.6) is 0 Å². The van der Waals surface area contributed by atoms with E-state index in [0.29, 0.717) is 6.54 Å². The van der Waals surface area contributed by atoms with E-state index in [4.69, 9.17) is 11.6 Å². The van der Waals surface area contributed by atoms with E-state index in [1.807, 2.05) is 18.7 Å². The van der Waals surface area contributed by atoms with Gasteiger partial charge in [-0.25, -0.2) is 0 Å². The number of aryl methyl sites for hydroxylation is 3. The molecule has 1 aromatic carbocycles. The fourth-order valence-corrected chi connectivity index (χ4v) is 2.41. The number of benzene rings is 1. The summed E-state index contributed by atoms with van der Waals surface area (Å²) in [6.45, 7) is 6.91. The van der Waals surface area contributed by atoms with E-state index < -0.39 is 0 Å². The van der Waals surface area contributed by atoms with Crippen LogP contribution in [-0.4, -0.2) is 9.78 Å². The minimum atomic E-state index is 0.283. The lowest BCUT2D eigenvalue weighted by Gasteiger charge is -2.15. The minimum Gasteiger partial charge on any atom is -0.305 e. The molecule has 1 aromatic heterocycles. The Morgan fingerprint density at radius 3 is 2.68 bits per heavy atom. The number of nitrogens with zero attached hydrogens (tertiary/aromatic N) is 2. The van der Waals surface area contributed by atoms with Gasteiger partial charge in [0.1, 0.15) is 0 Å². The zero-order valence-electron chi connectivity index (χ0n) is 11.9. The van der Waals surface area contributed by atoms with E-state index in [9.17, 15) is 0 Å². The molecule has 0 amide bonds. The third kappa shape index (κ3) is 3.17. The molecule has 0 saturated heterocycles. The molecule has 0 unspecified atom stereocenters. The van der Waals surface area contributed by atoms with Crippen LogP contribution in [-0.2, 0) is 13.6 Å². The van der Waals surface area contributed by atoms with Crippen LogP contribution < -0.4 is 5.32 Å². The first-order chi connectivity index (χ1) is 8.99. The number of hydrogen-bond donors (Lipinski definition) is 1. The van der Waals surface area contributed by atoms with Gasteiger partial charge >= 0.3 is 0 Å². The SMILES string of the molecule is Cc1cccc([C@H](C)NCc2c(Cl)c(C)nn2C)c1. The summed E-state index contributed by atoms with van der Waals surface area (Å²) >= 11 is 6.25. The van der Waals surface area contributed by atoms with Crippen molar-refractivity contribution in [2.24, 2.45) is 7.05 Å². The molecule has 1 N–H and O–H groups in total. The van der Waals surface area contributed by atoms with E-state index in [-0.39, 0.29) is 6.04 Å². The van der Waals surface area contributed by atoms with Crippen LogP contribution in [0.25, 0.3) is 0 Å². The molecule has 0 spiro atoms. The third-order valence-corrected chi connectivity index (χ3v) is 3.87. The molecular weight excluding hydrogens is 258 g/mol. The van der Waals surface area contributed by atoms with Crippen LogP contribution in [0.15, 0.2) is 24.3 Å². The number of hydrogen-bond acceptors (Lipinski definition) is 2. The van der Waals surface area contributed by atoms with Crippen molar-refractivity contribution >= 4 is 11.6 Å². The molecule has 2 rings (SSSR count). The highest BCUT2D eigenvalue weighted by atomic mass is 35.5. The predicted octanol–water partition coefficient (Wildman–Crippen LogP) is 3.54. The second-order valence-electron chi connectivity index (χ2n) is 4.99. The van der Waals surface area contributed by atoms with Gasteiger partial charge in [-0.2, -0.15) is 5.10 Å². The standard InChI is InChI=1S/C15H20ClN3/c1-10-6-5-7-13(8-10)11(2)17-9-14-15(16)12(3)18-19(14)4/h5-8,11,17H,9H2,1-4H3/t11-/m0/s1. The fourth-order valence-electron chi connectivity index (χ4n) is 2.18. The zero-order valence-corrected chi connectivity index (χ0v) is 12.6. The van der Waals surface area contributed by atoms with E-state index in [1.165, 1.54) is 11.1 Å². The molecule has 3 nitrogen and oxygen atoms in total. The number of aromatic nitrogens is 2. The molecule has 0 aliphatic carbocycles. The quantitative estimate of drug-likeness (QED) is 0.926. The van der Waals surface area contributed by atoms with Gasteiger partial charge in [0.25, 0.3) is 0 Å². The summed E-state index contributed by atoms with van der Waals surface area (Å²) in [5.41, 5.74) is 4.47. The maximum absolute atomic E-state index is 6.25. The van der Waals surface area contributed by atoms with Crippen molar-refractivity contribution < 1.29 is 0 Å². The summed E-state index contributed by atoms with van der Waals surface area (Å²) in [7, 11) is 1.92. The topological polar surface area (TPSA) is 29.9 Å². The molecule has 0 bridgehead atoms. The van der Waals surface area contributed by atoms with Gasteiger partial charge < -0.3 is 5.32 Å². The monoisotopic (exact) mass is 277 g/mol. The maximum atomic E-state index is 6.25. The third-order valence-electron chi connectivity index (χ3n) is 3.38. The van der Waals surface area contributed by atoms with Crippen molar-refractivity contribution in [3.05, 3.63) is 51.8 Å². The van der Waals surface area contributed by atoms with Gasteiger partial charge in [0.05, 0.1) is 16.4 Å². The normalized spacial score (nSPS) is 12.7. The predicted molar refractivity (Wildman–Crippen MR) is 79.4 cm³/mol. The Labute approximate surface area is 119 Å². The Morgan fingerprint density at radius 2 is 2.11 bits per heavy atom. The summed E-state index contributed by atoms with van der Waals surface area (Å²) in [5, 5.41) is 8.57. The molecule has 19 heavy (non-hydrogen) atoms. The van der Waals surface area contributed by atoms with Crippen LogP contribution in [0.2, 0.25) is 5.02 Å². The van der Waals surface area contributed by atoms with Gasteiger partial charge in [0.2, 0.25) is 0 Å². The maximum Gasteiger partial charge on any atom is 0.0860 e. The lowest BCUT2D eigenvalue weighted by atomic mass is 10.1. The van der Waals surface area contributed by atoms with E-state index in [2.05, 4.69) is 48.5 Å². The summed E-state index contributed by atoms with van der Waals surface area (Å²) < 4.78 is 1.84. The highest BCUT2D eigenvalue weighted by molar-refractivity contribution is 6.31. The Morgan fingerprint density at radius 1 is 1.37 bits per heavy atom. The van der Waals surface area contributed by atoms with Crippen LogP contribution in [0, 0.1) is 13.8 Å². The molecule has 0 fully saturated rings. The Hall–Kier alpha value is -1.32. The molecule has 4 heteroatoms. The van der Waals surface area contributed by atoms with Crippen LogP contribution >= 0.6 is 11.6 Å². The summed E-state index contributed by atoms with van der Waals surface area (Å²) in [4.78, 5) is 0. The van der Waals surface area contributed by atoms with Gasteiger partial charge in [0, 0.05) is 19.6 Å². The molecular formula is C15H20ClN3. The van der Waals surface area contributed by atoms with Crippen molar-refractivity contribution in [3.63, 3.8) is 0 Å². The Bertz CT molecular complexity index is 575. The summed E-state index contributed by atoms with van der Waals surface area (Å²) in [6, 6.07) is 8.82. The van der Waals surface area contributed by atoms with Crippen molar-refractivity contribution in [2.45, 2.75) is 33.4 Å². The second-order valence-corrected chi connectivity index (χ2v) is 5.36. The van der Waals surface area contributed by atoms with Crippen LogP contribution in [0.4, 0.5) is 0 Å². The number of halogens is 1. The molecule has 1 heterocycles. The average Bonchev–Trinajstić information content (AvgIpc) is 2.61. The molecule has 102 valence electrons. The smallest absolute Gasteiger partial charge is 0.0860 e. The van der Waals surface area contributed by atoms with Crippen molar-refractivity contribution in [3.8, 4) is 0 Å². The van der Waals surface area contributed by atoms with Gasteiger partial charge in [-0.15, -0.1) is 0 Å². The fraction of sp³-hybridized carbons (Fsp3) is 0.400. The largest absolute Gasteiger partial charge is 0.305 e. The number of rotatable bonds is 4. The van der Waals surface area contributed by atoms with Gasteiger partial charge in [-0.3, -0.25) is 4.68 Å². The lowest BCUT2D eigenvalue weighted by Crippen LogP contribution is -2.20. The van der Waals surface area contributed by atoms with Gasteiger partial charge in [-0.1, -0.05) is 41.4 Å². The Kier molecular flexibility index (Phi) is 4.27. The molecule has 0 aliphatic heterocycles. The highest BCUT2D eigenvalue weighted by Gasteiger charge is 2.12. The molecule has 0 radical (unpaired) electrons. The van der Waals surface area contributed by atoms with Crippen molar-refractivity contribution in [1.82, 2.24) is 15.1 Å². The first-order valence-electron chi connectivity index (χ1n) is 6.47.